The summed E-state index contributed by atoms with van der Waals surface area (Å²) in [6, 6.07) is 0. The molecule has 0 bridgehead atoms. The third kappa shape index (κ3) is 5.89. The summed E-state index contributed by atoms with van der Waals surface area (Å²) in [6.07, 6.45) is 14.8. The van der Waals surface area contributed by atoms with E-state index in [1.807, 2.05) is 0 Å². The minimum atomic E-state index is -4.63. The quantitative estimate of drug-likeness (QED) is 0.228. The molecule has 0 spiro atoms. The Hall–Kier alpha value is 1.25. The van der Waals surface area contributed by atoms with Crippen LogP contribution in [0, 0.1) is 46.3 Å². The van der Waals surface area contributed by atoms with E-state index in [-0.39, 0.29) is 56.8 Å². The van der Waals surface area contributed by atoms with Crippen LogP contribution >= 0.6 is 0 Å². The zero-order chi connectivity index (χ0) is 23.3. The van der Waals surface area contributed by atoms with E-state index in [0.717, 1.165) is 42.4 Å². The van der Waals surface area contributed by atoms with E-state index in [1.54, 1.807) is 0 Å². The van der Waals surface area contributed by atoms with Gasteiger partial charge in [0.05, 0.1) is 6.10 Å². The van der Waals surface area contributed by atoms with Crippen molar-refractivity contribution in [2.45, 2.75) is 111 Å². The SMILES string of the molecule is CC(C)CCC[C@@H](C)[C@H]1CC[C@H]2C3CC=C4C[C@@H](OS(=O)(=O)[O-])CC[C@]4(C)[C@H]3CC[C@]12C.[K+]. The first kappa shape index (κ1) is 28.8. The summed E-state index contributed by atoms with van der Waals surface area (Å²) in [7, 11) is -4.63. The average molecular weight is 505 g/mol. The van der Waals surface area contributed by atoms with Gasteiger partial charge in [-0.2, -0.15) is 0 Å². The fourth-order valence-electron chi connectivity index (χ4n) is 8.90. The van der Waals surface area contributed by atoms with Crippen LogP contribution in [0.5, 0.6) is 0 Å². The third-order valence-electron chi connectivity index (χ3n) is 10.5. The molecule has 1 unspecified atom stereocenters. The van der Waals surface area contributed by atoms with Crippen molar-refractivity contribution in [2.24, 2.45) is 46.3 Å². The second kappa shape index (κ2) is 10.9. The first-order chi connectivity index (χ1) is 14.9. The Labute approximate surface area is 245 Å². The Bertz CT molecular complexity index is 824. The van der Waals surface area contributed by atoms with Crippen molar-refractivity contribution in [1.82, 2.24) is 0 Å². The van der Waals surface area contributed by atoms with Gasteiger partial charge >= 0.3 is 51.4 Å². The summed E-state index contributed by atoms with van der Waals surface area (Å²) >= 11 is 0. The standard InChI is InChI=1S/C27H46O4S.K/c1-18(2)7-6-8-19(3)23-11-12-24-22-10-9-20-17-21(31-32(28,29)30)13-15-26(20,4)25(22)14-16-27(23,24)5;/h9,18-19,21-25H,6-8,10-17H2,1-5H3,(H,28,29,30);/q;+1/p-1/t19-,21+,22?,23-,24+,25+,26+,27-;/m1./s1. The molecule has 184 valence electrons. The first-order valence-corrected chi connectivity index (χ1v) is 14.6. The molecule has 4 aliphatic carbocycles. The van der Waals surface area contributed by atoms with Crippen LogP contribution < -0.4 is 51.4 Å². The molecule has 4 nitrogen and oxygen atoms in total. The van der Waals surface area contributed by atoms with E-state index >= 15 is 0 Å². The molecule has 3 fully saturated rings. The largest absolute Gasteiger partial charge is 1.00 e. The molecule has 6 heteroatoms. The predicted octanol–water partition coefficient (Wildman–Crippen LogP) is 3.88. The Kier molecular flexibility index (Phi) is 9.54. The Morgan fingerprint density at radius 3 is 2.45 bits per heavy atom. The van der Waals surface area contributed by atoms with Crippen LogP contribution in [0.4, 0.5) is 0 Å². The van der Waals surface area contributed by atoms with Crippen LogP contribution in [0.25, 0.3) is 0 Å². The second-order valence-corrected chi connectivity index (χ2v) is 13.7. The van der Waals surface area contributed by atoms with Gasteiger partial charge in [-0.3, -0.25) is 4.18 Å². The summed E-state index contributed by atoms with van der Waals surface area (Å²) in [6.45, 7) is 12.2. The molecule has 4 rings (SSSR count). The number of hydrogen-bond donors (Lipinski definition) is 0. The summed E-state index contributed by atoms with van der Waals surface area (Å²) < 4.78 is 38.2. The molecule has 3 saturated carbocycles. The van der Waals surface area contributed by atoms with E-state index in [2.05, 4.69) is 40.7 Å². The Morgan fingerprint density at radius 1 is 1.06 bits per heavy atom. The van der Waals surface area contributed by atoms with Crippen LogP contribution in [-0.4, -0.2) is 19.1 Å². The maximum Gasteiger partial charge on any atom is 1.00 e. The van der Waals surface area contributed by atoms with Crippen molar-refractivity contribution < 1.29 is 68.5 Å². The van der Waals surface area contributed by atoms with Crippen molar-refractivity contribution >= 4 is 10.4 Å². The predicted molar refractivity (Wildman–Crippen MR) is 128 cm³/mol. The Balaban J connectivity index is 0.00000306. The number of allylic oxidation sites excluding steroid dienone is 1. The number of fused-ring (bicyclic) bond motifs is 5. The summed E-state index contributed by atoms with van der Waals surface area (Å²) in [4.78, 5) is 0. The molecule has 4 aliphatic rings. The van der Waals surface area contributed by atoms with Crippen LogP contribution in [-0.2, 0) is 14.6 Å². The summed E-state index contributed by atoms with van der Waals surface area (Å²) in [5.41, 5.74) is 1.99. The molecule has 0 aromatic heterocycles. The minimum Gasteiger partial charge on any atom is -0.726 e. The van der Waals surface area contributed by atoms with Gasteiger partial charge in [-0.05, 0) is 97.7 Å². The molecule has 0 heterocycles. The van der Waals surface area contributed by atoms with E-state index in [1.165, 1.54) is 50.5 Å². The molecule has 0 amide bonds. The van der Waals surface area contributed by atoms with Crippen LogP contribution in [0.15, 0.2) is 11.6 Å². The van der Waals surface area contributed by atoms with Gasteiger partial charge in [0.15, 0.2) is 0 Å². The average Bonchev–Trinajstić information content (AvgIpc) is 3.04. The van der Waals surface area contributed by atoms with Crippen molar-refractivity contribution in [3.63, 3.8) is 0 Å². The van der Waals surface area contributed by atoms with Gasteiger partial charge in [-0.25, -0.2) is 8.42 Å². The molecule has 0 N–H and O–H groups in total. The smallest absolute Gasteiger partial charge is 0.726 e. The van der Waals surface area contributed by atoms with Crippen molar-refractivity contribution in [1.29, 1.82) is 0 Å². The van der Waals surface area contributed by atoms with Crippen molar-refractivity contribution in [3.8, 4) is 0 Å². The zero-order valence-electron chi connectivity index (χ0n) is 21.9. The van der Waals surface area contributed by atoms with Gasteiger partial charge < -0.3 is 4.55 Å². The maximum atomic E-state index is 11.1. The summed E-state index contributed by atoms with van der Waals surface area (Å²) in [5, 5.41) is 0. The van der Waals surface area contributed by atoms with E-state index in [4.69, 9.17) is 4.18 Å². The van der Waals surface area contributed by atoms with Crippen molar-refractivity contribution in [3.05, 3.63) is 11.6 Å². The van der Waals surface area contributed by atoms with Gasteiger partial charge in [0.2, 0.25) is 10.4 Å². The molecular formula is C27H45KO4S. The number of rotatable bonds is 7. The molecule has 0 radical (unpaired) electrons. The van der Waals surface area contributed by atoms with Gasteiger partial charge in [-0.15, -0.1) is 0 Å². The van der Waals surface area contributed by atoms with E-state index in [0.29, 0.717) is 24.2 Å². The third-order valence-corrected chi connectivity index (χ3v) is 11.0. The second-order valence-electron chi connectivity index (χ2n) is 12.7. The van der Waals surface area contributed by atoms with Gasteiger partial charge in [0, 0.05) is 0 Å². The topological polar surface area (TPSA) is 66.4 Å². The zero-order valence-corrected chi connectivity index (χ0v) is 25.9. The molecular weight excluding hydrogens is 459 g/mol. The first-order valence-electron chi connectivity index (χ1n) is 13.3. The van der Waals surface area contributed by atoms with Crippen LogP contribution in [0.3, 0.4) is 0 Å². The monoisotopic (exact) mass is 504 g/mol. The molecule has 0 saturated heterocycles. The van der Waals surface area contributed by atoms with Gasteiger partial charge in [-0.1, -0.05) is 65.5 Å². The fourth-order valence-corrected chi connectivity index (χ4v) is 9.40. The van der Waals surface area contributed by atoms with E-state index < -0.39 is 16.5 Å². The number of hydrogen-bond acceptors (Lipinski definition) is 4. The van der Waals surface area contributed by atoms with E-state index in [9.17, 15) is 13.0 Å². The van der Waals surface area contributed by atoms with Crippen LogP contribution in [0.1, 0.15) is 105 Å². The summed E-state index contributed by atoms with van der Waals surface area (Å²) in [5.74, 6) is 4.78. The molecule has 33 heavy (non-hydrogen) atoms. The minimum absolute atomic E-state index is 0. The maximum absolute atomic E-state index is 11.1. The normalized spacial score (nSPS) is 41.4. The molecule has 0 aromatic rings. The van der Waals surface area contributed by atoms with Gasteiger partial charge in [0.25, 0.3) is 0 Å². The Morgan fingerprint density at radius 2 is 1.79 bits per heavy atom. The van der Waals surface area contributed by atoms with Crippen molar-refractivity contribution in [2.75, 3.05) is 0 Å². The molecule has 8 atom stereocenters. The van der Waals surface area contributed by atoms with Crippen LogP contribution in [0.2, 0.25) is 0 Å². The fraction of sp³-hybridized carbons (Fsp3) is 0.926. The molecule has 0 aliphatic heterocycles. The molecule has 0 aromatic carbocycles. The van der Waals surface area contributed by atoms with Gasteiger partial charge in [0.1, 0.15) is 0 Å².